The highest BCUT2D eigenvalue weighted by Crippen LogP contribution is 2.26. The first-order chi connectivity index (χ1) is 13.1. The largest absolute Gasteiger partial charge is 0.474 e. The molecule has 158 valence electrons. The maximum atomic E-state index is 6.12. The van der Waals surface area contributed by atoms with Gasteiger partial charge in [0, 0.05) is 52.0 Å². The standard InChI is InChI=1S/C21H34N4O2.HI/c1-16-4-6-19(7-5-16)27-20-12-17(8-10-23-20)13-24-21(22-2)25(3)14-18-9-11-26-15-18;/h8,10,12,16,18-19H,4-7,9,11,13-15H2,1-3H3,(H,22,24);1H. The van der Waals surface area contributed by atoms with Crippen molar-refractivity contribution in [3.05, 3.63) is 23.9 Å². The van der Waals surface area contributed by atoms with Gasteiger partial charge in [0.1, 0.15) is 6.10 Å². The normalized spacial score (nSPS) is 25.1. The Morgan fingerprint density at radius 2 is 2.11 bits per heavy atom. The highest BCUT2D eigenvalue weighted by Gasteiger charge is 2.20. The molecule has 0 bridgehead atoms. The number of hydrogen-bond acceptors (Lipinski definition) is 4. The van der Waals surface area contributed by atoms with E-state index in [0.717, 1.165) is 62.3 Å². The lowest BCUT2D eigenvalue weighted by atomic mass is 9.89. The van der Waals surface area contributed by atoms with Gasteiger partial charge in [0.25, 0.3) is 0 Å². The van der Waals surface area contributed by atoms with Gasteiger partial charge < -0.3 is 19.7 Å². The molecule has 7 heteroatoms. The van der Waals surface area contributed by atoms with Gasteiger partial charge >= 0.3 is 0 Å². The van der Waals surface area contributed by atoms with Crippen LogP contribution in [0.1, 0.15) is 44.6 Å². The second kappa shape index (κ2) is 11.8. The van der Waals surface area contributed by atoms with Gasteiger partial charge in [-0.2, -0.15) is 0 Å². The lowest BCUT2D eigenvalue weighted by Crippen LogP contribution is -2.41. The van der Waals surface area contributed by atoms with Crippen LogP contribution in [0.25, 0.3) is 0 Å². The van der Waals surface area contributed by atoms with E-state index in [4.69, 9.17) is 9.47 Å². The van der Waals surface area contributed by atoms with Crippen LogP contribution in [0.4, 0.5) is 0 Å². The number of halogens is 1. The van der Waals surface area contributed by atoms with Crippen LogP contribution in [0, 0.1) is 11.8 Å². The molecule has 1 aromatic rings. The summed E-state index contributed by atoms with van der Waals surface area (Å²) in [5.74, 6) is 3.06. The predicted molar refractivity (Wildman–Crippen MR) is 123 cm³/mol. The number of aliphatic imine (C=N–C) groups is 1. The van der Waals surface area contributed by atoms with Crippen molar-refractivity contribution < 1.29 is 9.47 Å². The molecule has 2 heterocycles. The predicted octanol–water partition coefficient (Wildman–Crippen LogP) is 3.70. The molecule has 2 aliphatic rings. The van der Waals surface area contributed by atoms with Gasteiger partial charge in [0.15, 0.2) is 5.96 Å². The molecule has 2 fully saturated rings. The van der Waals surface area contributed by atoms with E-state index < -0.39 is 0 Å². The number of guanidine groups is 1. The van der Waals surface area contributed by atoms with Crippen LogP contribution in [-0.4, -0.2) is 55.8 Å². The average Bonchev–Trinajstić information content (AvgIpc) is 3.17. The van der Waals surface area contributed by atoms with Gasteiger partial charge in [0.2, 0.25) is 5.88 Å². The van der Waals surface area contributed by atoms with Crippen molar-refractivity contribution in [2.45, 2.75) is 51.7 Å². The van der Waals surface area contributed by atoms with E-state index in [1.54, 1.807) is 0 Å². The van der Waals surface area contributed by atoms with Crippen LogP contribution in [0.15, 0.2) is 23.3 Å². The molecule has 1 unspecified atom stereocenters. The first kappa shape index (κ1) is 23.2. The van der Waals surface area contributed by atoms with Gasteiger partial charge in [-0.15, -0.1) is 24.0 Å². The molecule has 6 nitrogen and oxygen atoms in total. The van der Waals surface area contributed by atoms with Gasteiger partial charge in [-0.1, -0.05) is 6.92 Å². The van der Waals surface area contributed by atoms with Gasteiger partial charge in [-0.25, -0.2) is 4.98 Å². The maximum Gasteiger partial charge on any atom is 0.213 e. The third-order valence-corrected chi connectivity index (χ3v) is 5.63. The Labute approximate surface area is 186 Å². The number of nitrogens with one attached hydrogen (secondary N) is 1. The molecule has 0 aromatic carbocycles. The van der Waals surface area contributed by atoms with Crippen LogP contribution < -0.4 is 10.1 Å². The van der Waals surface area contributed by atoms with Crippen molar-refractivity contribution in [1.82, 2.24) is 15.2 Å². The third kappa shape index (κ3) is 7.06. The second-order valence-electron chi connectivity index (χ2n) is 8.01. The zero-order valence-corrected chi connectivity index (χ0v) is 19.7. The summed E-state index contributed by atoms with van der Waals surface area (Å²) in [4.78, 5) is 11.0. The van der Waals surface area contributed by atoms with E-state index in [1.807, 2.05) is 25.4 Å². The molecule has 1 saturated carbocycles. The number of ether oxygens (including phenoxy) is 2. The van der Waals surface area contributed by atoms with Gasteiger partial charge in [-0.3, -0.25) is 4.99 Å². The lowest BCUT2D eigenvalue weighted by Gasteiger charge is -2.26. The zero-order valence-electron chi connectivity index (χ0n) is 17.4. The molecule has 1 saturated heterocycles. The minimum absolute atomic E-state index is 0. The summed E-state index contributed by atoms with van der Waals surface area (Å²) in [7, 11) is 3.91. The third-order valence-electron chi connectivity index (χ3n) is 5.63. The number of nitrogens with zero attached hydrogens (tertiary/aromatic N) is 3. The fourth-order valence-electron chi connectivity index (χ4n) is 3.91. The topological polar surface area (TPSA) is 59.0 Å². The minimum atomic E-state index is 0. The summed E-state index contributed by atoms with van der Waals surface area (Å²) >= 11 is 0. The average molecular weight is 502 g/mol. The highest BCUT2D eigenvalue weighted by molar-refractivity contribution is 14.0. The van der Waals surface area contributed by atoms with E-state index in [0.29, 0.717) is 18.6 Å². The van der Waals surface area contributed by atoms with E-state index in [-0.39, 0.29) is 24.0 Å². The summed E-state index contributed by atoms with van der Waals surface area (Å²) in [5.41, 5.74) is 1.16. The van der Waals surface area contributed by atoms with Gasteiger partial charge in [-0.05, 0) is 49.7 Å². The van der Waals surface area contributed by atoms with Crippen molar-refractivity contribution in [2.75, 3.05) is 33.9 Å². The first-order valence-electron chi connectivity index (χ1n) is 10.2. The maximum absolute atomic E-state index is 6.12. The molecule has 3 rings (SSSR count). The smallest absolute Gasteiger partial charge is 0.213 e. The highest BCUT2D eigenvalue weighted by atomic mass is 127. The summed E-state index contributed by atoms with van der Waals surface area (Å²) in [6.07, 6.45) is 8.04. The van der Waals surface area contributed by atoms with Crippen molar-refractivity contribution in [2.24, 2.45) is 16.8 Å². The molecular weight excluding hydrogens is 467 g/mol. The van der Waals surface area contributed by atoms with E-state index in [2.05, 4.69) is 34.2 Å². The number of hydrogen-bond donors (Lipinski definition) is 1. The zero-order chi connectivity index (χ0) is 19.1. The van der Waals surface area contributed by atoms with Crippen molar-refractivity contribution in [1.29, 1.82) is 0 Å². The molecule has 1 aliphatic heterocycles. The first-order valence-corrected chi connectivity index (χ1v) is 10.2. The fraction of sp³-hybridized carbons (Fsp3) is 0.714. The molecule has 1 atom stereocenters. The molecule has 0 radical (unpaired) electrons. The van der Waals surface area contributed by atoms with Crippen molar-refractivity contribution >= 4 is 29.9 Å². The van der Waals surface area contributed by atoms with E-state index >= 15 is 0 Å². The Hall–Kier alpha value is -1.09. The number of aromatic nitrogens is 1. The van der Waals surface area contributed by atoms with Crippen LogP contribution >= 0.6 is 24.0 Å². The number of rotatable bonds is 6. The monoisotopic (exact) mass is 502 g/mol. The Morgan fingerprint density at radius 3 is 2.79 bits per heavy atom. The molecular formula is C21H35IN4O2. The summed E-state index contributed by atoms with van der Waals surface area (Å²) < 4.78 is 11.6. The van der Waals surface area contributed by atoms with Crippen LogP contribution in [-0.2, 0) is 11.3 Å². The Kier molecular flexibility index (Phi) is 9.77. The van der Waals surface area contributed by atoms with Gasteiger partial charge in [0.05, 0.1) is 6.61 Å². The lowest BCUT2D eigenvalue weighted by molar-refractivity contribution is 0.130. The van der Waals surface area contributed by atoms with Crippen LogP contribution in [0.2, 0.25) is 0 Å². The Bertz CT molecular complexity index is 614. The summed E-state index contributed by atoms with van der Waals surface area (Å²) in [6.45, 7) is 5.73. The summed E-state index contributed by atoms with van der Waals surface area (Å²) in [5, 5.41) is 3.45. The second-order valence-corrected chi connectivity index (χ2v) is 8.01. The Morgan fingerprint density at radius 1 is 1.32 bits per heavy atom. The molecule has 1 aromatic heterocycles. The minimum Gasteiger partial charge on any atom is -0.474 e. The van der Waals surface area contributed by atoms with Crippen molar-refractivity contribution in [3.8, 4) is 5.88 Å². The number of pyridine rings is 1. The van der Waals surface area contributed by atoms with Crippen molar-refractivity contribution in [3.63, 3.8) is 0 Å². The van der Waals surface area contributed by atoms with E-state index in [1.165, 1.54) is 12.8 Å². The molecule has 0 spiro atoms. The van der Waals surface area contributed by atoms with Crippen LogP contribution in [0.3, 0.4) is 0 Å². The molecule has 28 heavy (non-hydrogen) atoms. The molecule has 1 N–H and O–H groups in total. The quantitative estimate of drug-likeness (QED) is 0.365. The van der Waals surface area contributed by atoms with Crippen LogP contribution in [0.5, 0.6) is 5.88 Å². The SMILES string of the molecule is CN=C(NCc1ccnc(OC2CCC(C)CC2)c1)N(C)CC1CCOC1.I. The molecule has 0 amide bonds. The Balaban J connectivity index is 0.00000280. The van der Waals surface area contributed by atoms with E-state index in [9.17, 15) is 0 Å². The molecule has 1 aliphatic carbocycles. The fourth-order valence-corrected chi connectivity index (χ4v) is 3.91. The summed E-state index contributed by atoms with van der Waals surface area (Å²) in [6, 6.07) is 4.07.